The maximum atomic E-state index is 13.4. The van der Waals surface area contributed by atoms with Crippen molar-refractivity contribution in [2.24, 2.45) is 0 Å². The third kappa shape index (κ3) is 8.94. The number of thiocarbonyl (C=S) groups is 1. The Balaban J connectivity index is 1.34. The average molecular weight is 720 g/mol. The molecule has 48 heavy (non-hydrogen) atoms. The Labute approximate surface area is 288 Å². The maximum absolute atomic E-state index is 13.4. The molecule has 9 nitrogen and oxygen atoms in total. The minimum atomic E-state index is -4.60. The Morgan fingerprint density at radius 2 is 1.79 bits per heavy atom. The fourth-order valence-electron chi connectivity index (χ4n) is 5.01. The van der Waals surface area contributed by atoms with Gasteiger partial charge in [-0.1, -0.05) is 53.8 Å². The van der Waals surface area contributed by atoms with Gasteiger partial charge in [-0.15, -0.1) is 0 Å². The third-order valence-electron chi connectivity index (χ3n) is 7.50. The fraction of sp³-hybridized carbons (Fsp3) is 0.273. The molecule has 3 aromatic rings. The highest BCUT2D eigenvalue weighted by molar-refractivity contribution is 8.26. The van der Waals surface area contributed by atoms with Crippen LogP contribution in [0.25, 0.3) is 17.2 Å². The van der Waals surface area contributed by atoms with Crippen molar-refractivity contribution in [3.8, 4) is 16.9 Å². The molecule has 2 N–H and O–H groups in total. The Hall–Kier alpha value is -3.95. The van der Waals surface area contributed by atoms with Gasteiger partial charge in [0.05, 0.1) is 34.3 Å². The summed E-state index contributed by atoms with van der Waals surface area (Å²) >= 11 is 12.5. The first-order valence-corrected chi connectivity index (χ1v) is 16.3. The van der Waals surface area contributed by atoms with Crippen molar-refractivity contribution >= 4 is 69.4 Å². The monoisotopic (exact) mass is 719 g/mol. The van der Waals surface area contributed by atoms with E-state index in [0.717, 1.165) is 30.9 Å². The van der Waals surface area contributed by atoms with Gasteiger partial charge in [-0.05, 0) is 59.7 Å². The normalized spacial score (nSPS) is 16.4. The summed E-state index contributed by atoms with van der Waals surface area (Å²) in [4.78, 5) is 41.1. The van der Waals surface area contributed by atoms with Crippen LogP contribution in [0.3, 0.4) is 0 Å². The van der Waals surface area contributed by atoms with Crippen molar-refractivity contribution in [2.75, 3.05) is 51.3 Å². The predicted molar refractivity (Wildman–Crippen MR) is 181 cm³/mol. The van der Waals surface area contributed by atoms with E-state index in [2.05, 4.69) is 10.2 Å². The molecule has 2 amide bonds. The van der Waals surface area contributed by atoms with Crippen LogP contribution in [0.1, 0.15) is 27.9 Å². The molecule has 0 radical (unpaired) electrons. The molecular weight excluding hydrogens is 691 g/mol. The first-order valence-electron chi connectivity index (χ1n) is 14.7. The molecule has 0 bridgehead atoms. The van der Waals surface area contributed by atoms with Gasteiger partial charge in [0.1, 0.15) is 16.7 Å². The van der Waals surface area contributed by atoms with Gasteiger partial charge in [0.25, 0.3) is 5.91 Å². The summed E-state index contributed by atoms with van der Waals surface area (Å²) in [6.45, 7) is 3.80. The fourth-order valence-corrected chi connectivity index (χ4v) is 6.59. The number of hydrogen-bond donors (Lipinski definition) is 2. The molecule has 0 spiro atoms. The maximum Gasteiger partial charge on any atom is 0.417 e. The van der Waals surface area contributed by atoms with Gasteiger partial charge in [-0.2, -0.15) is 13.2 Å². The molecule has 2 heterocycles. The zero-order chi connectivity index (χ0) is 34.4. The van der Waals surface area contributed by atoms with E-state index in [1.165, 1.54) is 35.2 Å². The summed E-state index contributed by atoms with van der Waals surface area (Å²) in [5.41, 5.74) is 0.876. The van der Waals surface area contributed by atoms with Crippen molar-refractivity contribution in [3.63, 3.8) is 0 Å². The van der Waals surface area contributed by atoms with Gasteiger partial charge in [0.2, 0.25) is 5.91 Å². The number of alkyl halides is 3. The Bertz CT molecular complexity index is 1760. The molecule has 2 aliphatic heterocycles. The van der Waals surface area contributed by atoms with Gasteiger partial charge in [-0.25, -0.2) is 4.79 Å². The summed E-state index contributed by atoms with van der Waals surface area (Å²) in [6.07, 6.45) is -3.09. The third-order valence-corrected chi connectivity index (χ3v) is 9.19. The predicted octanol–water partition coefficient (Wildman–Crippen LogP) is 6.67. The van der Waals surface area contributed by atoms with E-state index in [4.69, 9.17) is 33.3 Å². The number of ether oxygens (including phenoxy) is 2. The van der Waals surface area contributed by atoms with E-state index in [1.807, 2.05) is 0 Å². The second-order valence-electron chi connectivity index (χ2n) is 10.8. The molecular formula is C33H29ClF3N3O6S2. The molecule has 2 fully saturated rings. The first-order chi connectivity index (χ1) is 22.9. The van der Waals surface area contributed by atoms with Crippen molar-refractivity contribution in [1.82, 2.24) is 9.80 Å². The largest absolute Gasteiger partial charge is 0.492 e. The highest BCUT2D eigenvalue weighted by Crippen LogP contribution is 2.39. The lowest BCUT2D eigenvalue weighted by atomic mass is 10.0. The number of carboxylic acids is 1. The molecule has 252 valence electrons. The minimum absolute atomic E-state index is 0.0144. The minimum Gasteiger partial charge on any atom is -0.492 e. The Kier molecular flexibility index (Phi) is 11.4. The highest BCUT2D eigenvalue weighted by atomic mass is 35.5. The van der Waals surface area contributed by atoms with E-state index in [0.29, 0.717) is 54.5 Å². The number of halogens is 4. The molecule has 0 aromatic heterocycles. The number of rotatable bonds is 11. The van der Waals surface area contributed by atoms with Gasteiger partial charge in [0.15, 0.2) is 0 Å². The van der Waals surface area contributed by atoms with Crippen LogP contribution in [0.2, 0.25) is 5.02 Å². The number of morpholine rings is 1. The first kappa shape index (κ1) is 35.4. The standard InChI is InChI=1S/C33H29ClF3N3O6S2/c34-26-18-21(4-6-25(26)33(35,36)37)20-5-7-27(46-15-12-39-10-13-45-14-11-39)23(16-20)19-28-30(42)40(32(47)48-28)9-8-29(41)38-24-3-1-2-22(17-24)31(43)44/h1-7,16-19H,8-15H2,(H,38,41)(H,43,44)/b28-19-. The molecule has 2 saturated heterocycles. The number of carboxylic acid groups (broad SMARTS) is 1. The van der Waals surface area contributed by atoms with Crippen molar-refractivity contribution in [3.05, 3.63) is 87.3 Å². The average Bonchev–Trinajstić information content (AvgIpc) is 3.31. The van der Waals surface area contributed by atoms with E-state index in [9.17, 15) is 32.7 Å². The molecule has 0 aliphatic carbocycles. The van der Waals surface area contributed by atoms with Crippen LogP contribution in [0.4, 0.5) is 18.9 Å². The highest BCUT2D eigenvalue weighted by Gasteiger charge is 2.34. The number of hydrogen-bond acceptors (Lipinski definition) is 8. The number of anilines is 1. The number of thioether (sulfide) groups is 1. The number of nitrogens with one attached hydrogen (secondary N) is 1. The van der Waals surface area contributed by atoms with Crippen LogP contribution in [-0.4, -0.2) is 83.0 Å². The van der Waals surface area contributed by atoms with Crippen LogP contribution in [-0.2, 0) is 20.5 Å². The number of carbonyl (C=O) groups excluding carboxylic acids is 2. The lowest BCUT2D eigenvalue weighted by molar-refractivity contribution is -0.137. The van der Waals surface area contributed by atoms with Gasteiger partial charge in [-0.3, -0.25) is 19.4 Å². The smallest absolute Gasteiger partial charge is 0.417 e. The van der Waals surface area contributed by atoms with E-state index < -0.39 is 34.5 Å². The van der Waals surface area contributed by atoms with Gasteiger partial charge >= 0.3 is 12.1 Å². The van der Waals surface area contributed by atoms with Crippen LogP contribution in [0.15, 0.2) is 65.6 Å². The van der Waals surface area contributed by atoms with Gasteiger partial charge < -0.3 is 19.9 Å². The number of aromatic carboxylic acids is 1. The Morgan fingerprint density at radius 1 is 1.06 bits per heavy atom. The molecule has 0 saturated carbocycles. The van der Waals surface area contributed by atoms with Crippen LogP contribution >= 0.6 is 35.6 Å². The molecule has 3 aromatic carbocycles. The quantitative estimate of drug-likeness (QED) is 0.166. The van der Waals surface area contributed by atoms with Crippen molar-refractivity contribution in [2.45, 2.75) is 12.6 Å². The SMILES string of the molecule is O=C(CCN1C(=O)/C(=C/c2cc(-c3ccc(C(F)(F)F)c(Cl)c3)ccc2OCCN2CCOCC2)SC1=S)Nc1cccc(C(=O)O)c1. The number of benzene rings is 3. The van der Waals surface area contributed by atoms with E-state index in [1.54, 1.807) is 30.3 Å². The van der Waals surface area contributed by atoms with Crippen molar-refractivity contribution in [1.29, 1.82) is 0 Å². The van der Waals surface area contributed by atoms with Crippen LogP contribution in [0, 0.1) is 0 Å². The summed E-state index contributed by atoms with van der Waals surface area (Å²) in [7, 11) is 0. The van der Waals surface area contributed by atoms with E-state index >= 15 is 0 Å². The van der Waals surface area contributed by atoms with Gasteiger partial charge in [0, 0.05) is 43.9 Å². The molecule has 0 unspecified atom stereocenters. The summed E-state index contributed by atoms with van der Waals surface area (Å²) < 4.78 is 51.7. The van der Waals surface area contributed by atoms with Crippen molar-refractivity contribution < 1.29 is 42.1 Å². The lowest BCUT2D eigenvalue weighted by Gasteiger charge is -2.26. The summed E-state index contributed by atoms with van der Waals surface area (Å²) in [5, 5.41) is 11.4. The number of carbonyl (C=O) groups is 3. The zero-order valence-electron chi connectivity index (χ0n) is 25.2. The molecule has 5 rings (SSSR count). The molecule has 2 aliphatic rings. The second-order valence-corrected chi connectivity index (χ2v) is 12.8. The molecule has 15 heteroatoms. The Morgan fingerprint density at radius 3 is 2.50 bits per heavy atom. The number of nitrogens with zero attached hydrogens (tertiary/aromatic N) is 2. The zero-order valence-corrected chi connectivity index (χ0v) is 27.6. The summed E-state index contributed by atoms with van der Waals surface area (Å²) in [6, 6.07) is 14.4. The molecule has 0 atom stereocenters. The summed E-state index contributed by atoms with van der Waals surface area (Å²) in [5.74, 6) is -1.53. The lowest BCUT2D eigenvalue weighted by Crippen LogP contribution is -2.38. The van der Waals surface area contributed by atoms with Crippen LogP contribution < -0.4 is 10.1 Å². The second kappa shape index (κ2) is 15.5. The van der Waals surface area contributed by atoms with E-state index in [-0.39, 0.29) is 27.8 Å². The van der Waals surface area contributed by atoms with Crippen LogP contribution in [0.5, 0.6) is 5.75 Å². The topological polar surface area (TPSA) is 108 Å². The number of amides is 2.